The highest BCUT2D eigenvalue weighted by Crippen LogP contribution is 2.66. The average molecular weight is 505 g/mol. The fraction of sp³-hybridized carbons (Fsp3) is 0.400. The van der Waals surface area contributed by atoms with E-state index in [0.717, 1.165) is 30.2 Å². The van der Waals surface area contributed by atoms with E-state index in [4.69, 9.17) is 5.73 Å². The first-order chi connectivity index (χ1) is 15.9. The van der Waals surface area contributed by atoms with Gasteiger partial charge in [0.15, 0.2) is 23.4 Å². The van der Waals surface area contributed by atoms with Crippen molar-refractivity contribution < 1.29 is 35.9 Å². The molecule has 3 atom stereocenters. The van der Waals surface area contributed by atoms with E-state index in [-0.39, 0.29) is 22.1 Å². The molecule has 2 aromatic rings. The molecule has 0 spiro atoms. The van der Waals surface area contributed by atoms with Gasteiger partial charge in [-0.15, -0.1) is 0 Å². The van der Waals surface area contributed by atoms with Crippen molar-refractivity contribution in [2.75, 3.05) is 18.6 Å². The maximum Gasteiger partial charge on any atom is 0.422 e. The molecule has 0 unspecified atom stereocenters. The highest BCUT2D eigenvalue weighted by molar-refractivity contribution is 8.15. The van der Waals surface area contributed by atoms with Crippen LogP contribution in [0.3, 0.4) is 0 Å². The second kappa shape index (κ2) is 8.32. The first-order valence-corrected chi connectivity index (χ1v) is 10.6. The van der Waals surface area contributed by atoms with Crippen molar-refractivity contribution in [2.24, 2.45) is 16.6 Å². The largest absolute Gasteiger partial charge is 0.467 e. The molecule has 182 valence electrons. The Kier molecular flexibility index (Phi) is 5.90. The van der Waals surface area contributed by atoms with Gasteiger partial charge in [-0.1, -0.05) is 11.8 Å². The van der Waals surface area contributed by atoms with Gasteiger partial charge in [-0.25, -0.2) is 23.1 Å². The van der Waals surface area contributed by atoms with Gasteiger partial charge >= 0.3 is 6.18 Å². The average Bonchev–Trinajstić information content (AvgIpc) is 3.50. The van der Waals surface area contributed by atoms with Crippen LogP contribution in [0.4, 0.5) is 32.0 Å². The van der Waals surface area contributed by atoms with Crippen molar-refractivity contribution in [3.63, 3.8) is 0 Å². The predicted molar refractivity (Wildman–Crippen MR) is 111 cm³/mol. The van der Waals surface area contributed by atoms with Gasteiger partial charge in [-0.05, 0) is 19.4 Å². The Hall–Kier alpha value is -3.03. The fourth-order valence-corrected chi connectivity index (χ4v) is 5.29. The number of ether oxygens (including phenoxy) is 1. The monoisotopic (exact) mass is 505 g/mol. The van der Waals surface area contributed by atoms with Crippen LogP contribution < -0.4 is 15.8 Å². The van der Waals surface area contributed by atoms with Crippen molar-refractivity contribution in [3.8, 4) is 5.88 Å². The smallest absolute Gasteiger partial charge is 0.422 e. The predicted octanol–water partition coefficient (Wildman–Crippen LogP) is 3.95. The molecule has 4 rings (SSSR count). The fourth-order valence-electron chi connectivity index (χ4n) is 3.96. The quantitative estimate of drug-likeness (QED) is 0.577. The molecule has 1 aliphatic heterocycles. The number of nitrogens with zero attached hydrogens (tertiary/aromatic N) is 3. The summed E-state index contributed by atoms with van der Waals surface area (Å²) in [4.78, 5) is 24.0. The normalized spacial score (nSPS) is 25.9. The second-order valence-electron chi connectivity index (χ2n) is 8.07. The van der Waals surface area contributed by atoms with Gasteiger partial charge in [-0.3, -0.25) is 9.79 Å². The lowest BCUT2D eigenvalue weighted by molar-refractivity contribution is -0.154. The number of anilines is 1. The number of aromatic nitrogens is 2. The van der Waals surface area contributed by atoms with Gasteiger partial charge in [0, 0.05) is 23.2 Å². The van der Waals surface area contributed by atoms with Crippen LogP contribution in [0.2, 0.25) is 0 Å². The summed E-state index contributed by atoms with van der Waals surface area (Å²) in [5.41, 5.74) is 3.83. The molecule has 2 aliphatic rings. The van der Waals surface area contributed by atoms with Crippen molar-refractivity contribution in [2.45, 2.75) is 29.8 Å². The number of halogens is 6. The molecule has 2 heterocycles. The molecule has 0 bridgehead atoms. The number of carbonyl (C=O) groups excluding carboxylic acids is 1. The Labute approximate surface area is 193 Å². The first kappa shape index (κ1) is 24.1. The zero-order valence-electron chi connectivity index (χ0n) is 17.4. The lowest BCUT2D eigenvalue weighted by Crippen LogP contribution is -2.37. The number of aliphatic imine (C=N–C) groups is 1. The molecule has 0 saturated heterocycles. The van der Waals surface area contributed by atoms with Crippen LogP contribution in [0.15, 0.2) is 29.5 Å². The first-order valence-electron chi connectivity index (χ1n) is 9.80. The lowest BCUT2D eigenvalue weighted by Gasteiger charge is -2.33. The zero-order valence-corrected chi connectivity index (χ0v) is 18.2. The van der Waals surface area contributed by atoms with Crippen LogP contribution in [0, 0.1) is 17.6 Å². The lowest BCUT2D eigenvalue weighted by atomic mass is 9.85. The minimum absolute atomic E-state index is 0.0475. The van der Waals surface area contributed by atoms with E-state index in [2.05, 4.69) is 25.0 Å². The van der Waals surface area contributed by atoms with Crippen LogP contribution in [0.25, 0.3) is 0 Å². The number of hydrogen-bond acceptors (Lipinski definition) is 7. The number of nitrogens with two attached hydrogens (primary N) is 1. The highest BCUT2D eigenvalue weighted by atomic mass is 32.2. The number of nitrogens with one attached hydrogen (secondary N) is 1. The molecule has 1 aromatic carbocycles. The van der Waals surface area contributed by atoms with Gasteiger partial charge in [0.25, 0.3) is 5.91 Å². The highest BCUT2D eigenvalue weighted by Gasteiger charge is 2.66. The van der Waals surface area contributed by atoms with E-state index in [1.54, 1.807) is 0 Å². The number of amides is 1. The Morgan fingerprint density at radius 2 is 2.03 bits per heavy atom. The summed E-state index contributed by atoms with van der Waals surface area (Å²) < 4.78 is 83.1. The summed E-state index contributed by atoms with van der Waals surface area (Å²) in [5, 5.41) is 2.38. The number of amidine groups is 1. The number of rotatable bonds is 6. The standard InChI is InChI=1S/C20H17F6N5O2S/c1-18(13-4-19(13,7-21)34-17(27)31-18)10-2-9(3-11(22)15(10)23)30-16(32)12-5-29-14(6-28-12)33-8-20(24,25)26/h2-3,5-6,13H,4,7-8H2,1H3,(H2,27,31)(H,30,32)/t13-,18-,19+/m0/s1. The molecular weight excluding hydrogens is 488 g/mol. The van der Waals surface area contributed by atoms with Crippen LogP contribution in [-0.2, 0) is 5.54 Å². The summed E-state index contributed by atoms with van der Waals surface area (Å²) in [6, 6.07) is 1.92. The molecule has 3 N–H and O–H groups in total. The van der Waals surface area contributed by atoms with Crippen molar-refractivity contribution >= 4 is 28.5 Å². The van der Waals surface area contributed by atoms with Gasteiger partial charge < -0.3 is 15.8 Å². The third kappa shape index (κ3) is 4.50. The van der Waals surface area contributed by atoms with Gasteiger partial charge in [0.2, 0.25) is 5.88 Å². The van der Waals surface area contributed by atoms with E-state index >= 15 is 0 Å². The molecule has 1 aliphatic carbocycles. The molecule has 1 aromatic heterocycles. The molecule has 14 heteroatoms. The Morgan fingerprint density at radius 1 is 1.29 bits per heavy atom. The molecule has 0 radical (unpaired) electrons. The molecular formula is C20H17F6N5O2S. The Balaban J connectivity index is 1.56. The van der Waals surface area contributed by atoms with Gasteiger partial charge in [-0.2, -0.15) is 13.2 Å². The van der Waals surface area contributed by atoms with Gasteiger partial charge in [0.1, 0.15) is 12.4 Å². The molecule has 34 heavy (non-hydrogen) atoms. The van der Waals surface area contributed by atoms with Gasteiger partial charge in [0.05, 0.1) is 22.7 Å². The maximum absolute atomic E-state index is 14.8. The minimum atomic E-state index is -4.57. The van der Waals surface area contributed by atoms with Crippen LogP contribution >= 0.6 is 11.8 Å². The number of alkyl halides is 4. The van der Waals surface area contributed by atoms with Crippen LogP contribution in [0.1, 0.15) is 29.4 Å². The topological polar surface area (TPSA) is 102 Å². The second-order valence-corrected chi connectivity index (χ2v) is 9.51. The van der Waals surface area contributed by atoms with Crippen molar-refractivity contribution in [1.29, 1.82) is 0 Å². The zero-order chi connectivity index (χ0) is 24.9. The summed E-state index contributed by atoms with van der Waals surface area (Å²) in [7, 11) is 0. The summed E-state index contributed by atoms with van der Waals surface area (Å²) >= 11 is 1.07. The Morgan fingerprint density at radius 3 is 2.65 bits per heavy atom. The summed E-state index contributed by atoms with van der Waals surface area (Å²) in [6.45, 7) is -0.772. The number of hydrogen-bond donors (Lipinski definition) is 2. The SMILES string of the molecule is C[C@@]1(c2cc(NC(=O)c3cnc(OCC(F)(F)F)cn3)cc(F)c2F)N=C(N)S[C@@]2(CF)C[C@H]21. The van der Waals surface area contributed by atoms with Crippen LogP contribution in [0.5, 0.6) is 5.88 Å². The molecule has 1 fully saturated rings. The van der Waals surface area contributed by atoms with E-state index in [9.17, 15) is 31.1 Å². The van der Waals surface area contributed by atoms with E-state index in [0.29, 0.717) is 6.42 Å². The minimum Gasteiger partial charge on any atom is -0.467 e. The van der Waals surface area contributed by atoms with Crippen molar-refractivity contribution in [1.82, 2.24) is 9.97 Å². The Bertz CT molecular complexity index is 1160. The summed E-state index contributed by atoms with van der Waals surface area (Å²) in [5.74, 6) is -4.24. The van der Waals surface area contributed by atoms with E-state index < -0.39 is 59.1 Å². The molecule has 1 amide bonds. The third-order valence-corrected chi connectivity index (χ3v) is 6.92. The number of thioether (sulfide) groups is 1. The number of carbonyl (C=O) groups is 1. The number of fused-ring (bicyclic) bond motifs is 1. The van der Waals surface area contributed by atoms with E-state index in [1.165, 1.54) is 13.0 Å². The third-order valence-electron chi connectivity index (χ3n) is 5.66. The van der Waals surface area contributed by atoms with Crippen molar-refractivity contribution in [3.05, 3.63) is 47.4 Å². The van der Waals surface area contributed by atoms with E-state index in [1.807, 2.05) is 0 Å². The number of benzene rings is 1. The van der Waals surface area contributed by atoms with Crippen LogP contribution in [-0.4, -0.2) is 45.2 Å². The molecule has 1 saturated carbocycles. The maximum atomic E-state index is 14.8. The summed E-state index contributed by atoms with van der Waals surface area (Å²) in [6.07, 6.45) is -2.52. The molecule has 7 nitrogen and oxygen atoms in total.